The number of aryl methyl sites for hydroxylation is 2. The van der Waals surface area contributed by atoms with Gasteiger partial charge in [-0.1, -0.05) is 48.5 Å². The van der Waals surface area contributed by atoms with Crippen LogP contribution in [-0.4, -0.2) is 27.8 Å². The Hall–Kier alpha value is -4.07. The molecule has 0 aliphatic rings. The lowest BCUT2D eigenvalue weighted by Gasteiger charge is -2.18. The first kappa shape index (κ1) is 21.6. The number of hydrogen-bond acceptors (Lipinski definition) is 6. The monoisotopic (exact) mass is 417 g/mol. The third-order valence-electron chi connectivity index (χ3n) is 4.08. The van der Waals surface area contributed by atoms with Gasteiger partial charge in [0.15, 0.2) is 0 Å². The van der Waals surface area contributed by atoms with E-state index < -0.39 is 18.0 Å². The predicted molar refractivity (Wildman–Crippen MR) is 118 cm³/mol. The summed E-state index contributed by atoms with van der Waals surface area (Å²) < 4.78 is 5.27. The lowest BCUT2D eigenvalue weighted by Crippen LogP contribution is -2.40. The molecule has 1 unspecified atom stereocenters. The summed E-state index contributed by atoms with van der Waals surface area (Å²) in [5.74, 6) is -0.835. The Morgan fingerprint density at radius 1 is 0.935 bits per heavy atom. The number of anilines is 1. The average Bonchev–Trinajstić information content (AvgIpc) is 2.72. The number of ether oxygens (including phenoxy) is 1. The molecule has 0 saturated heterocycles. The summed E-state index contributed by atoms with van der Waals surface area (Å²) in [7, 11) is 0. The van der Waals surface area contributed by atoms with Crippen molar-refractivity contribution in [2.24, 2.45) is 4.99 Å². The second kappa shape index (κ2) is 10.1. The van der Waals surface area contributed by atoms with E-state index >= 15 is 0 Å². The van der Waals surface area contributed by atoms with E-state index in [-0.39, 0.29) is 11.9 Å². The van der Waals surface area contributed by atoms with Gasteiger partial charge in [0.05, 0.1) is 0 Å². The van der Waals surface area contributed by atoms with Crippen molar-refractivity contribution in [3.05, 3.63) is 83.7 Å². The molecule has 0 aliphatic heterocycles. The van der Waals surface area contributed by atoms with Crippen LogP contribution in [0.5, 0.6) is 0 Å². The molecule has 158 valence electrons. The standard InChI is InChI=1S/C23H23N5O3/c1-15-14-16(2)25-22(24-15)28-23(26-19-12-8-5-9-13-19)27-21(30)20(31-17(3)29)18-10-6-4-7-11-18/h4-14,20H,1-3H3,(H2,24,25,26,27,28,30). The molecule has 2 aromatic carbocycles. The van der Waals surface area contributed by atoms with Gasteiger partial charge in [0, 0.05) is 29.6 Å². The van der Waals surface area contributed by atoms with Gasteiger partial charge in [-0.05, 0) is 32.0 Å². The normalized spacial score (nSPS) is 12.0. The minimum atomic E-state index is -1.14. The fourth-order valence-electron chi connectivity index (χ4n) is 2.85. The van der Waals surface area contributed by atoms with Crippen LogP contribution < -0.4 is 10.6 Å². The van der Waals surface area contributed by atoms with Crippen molar-refractivity contribution in [1.29, 1.82) is 0 Å². The molecule has 0 aliphatic carbocycles. The van der Waals surface area contributed by atoms with Crippen molar-refractivity contribution in [3.8, 4) is 0 Å². The van der Waals surface area contributed by atoms with Crippen molar-refractivity contribution in [1.82, 2.24) is 15.3 Å². The summed E-state index contributed by atoms with van der Waals surface area (Å²) in [5.41, 5.74) is 2.74. The van der Waals surface area contributed by atoms with E-state index in [1.807, 2.05) is 56.3 Å². The third kappa shape index (κ3) is 6.46. The molecule has 2 N–H and O–H groups in total. The Bertz CT molecular complexity index is 1060. The van der Waals surface area contributed by atoms with Gasteiger partial charge in [-0.3, -0.25) is 14.9 Å². The molecule has 0 saturated carbocycles. The number of carbonyl (C=O) groups is 2. The summed E-state index contributed by atoms with van der Waals surface area (Å²) in [6, 6.07) is 19.8. The maximum Gasteiger partial charge on any atom is 0.303 e. The van der Waals surface area contributed by atoms with E-state index in [1.54, 1.807) is 24.3 Å². The number of esters is 1. The molecule has 0 radical (unpaired) electrons. The second-order valence-corrected chi connectivity index (χ2v) is 6.79. The Morgan fingerprint density at radius 2 is 1.52 bits per heavy atom. The lowest BCUT2D eigenvalue weighted by molar-refractivity contribution is -0.153. The Balaban J connectivity index is 1.93. The molecule has 1 amide bonds. The number of benzene rings is 2. The lowest BCUT2D eigenvalue weighted by atomic mass is 10.1. The van der Waals surface area contributed by atoms with Crippen LogP contribution >= 0.6 is 0 Å². The van der Waals surface area contributed by atoms with Crippen molar-refractivity contribution < 1.29 is 14.3 Å². The number of aliphatic imine (C=N–C) groups is 1. The molecular formula is C23H23N5O3. The van der Waals surface area contributed by atoms with Crippen LogP contribution in [0, 0.1) is 13.8 Å². The van der Waals surface area contributed by atoms with Crippen molar-refractivity contribution in [2.75, 3.05) is 5.32 Å². The van der Waals surface area contributed by atoms with E-state index in [1.165, 1.54) is 6.92 Å². The zero-order valence-electron chi connectivity index (χ0n) is 17.5. The zero-order valence-corrected chi connectivity index (χ0v) is 17.5. The molecular weight excluding hydrogens is 394 g/mol. The summed E-state index contributed by atoms with van der Waals surface area (Å²) in [6.07, 6.45) is -1.14. The van der Waals surface area contributed by atoms with Gasteiger partial charge in [0.1, 0.15) is 0 Å². The molecule has 3 aromatic rings. The van der Waals surface area contributed by atoms with E-state index in [0.717, 1.165) is 11.4 Å². The SMILES string of the molecule is CC(=O)OC(C(=O)N/C(=N/c1nc(C)cc(C)n1)Nc1ccccc1)c1ccccc1. The number of guanidine groups is 1. The minimum Gasteiger partial charge on any atom is -0.447 e. The van der Waals surface area contributed by atoms with Gasteiger partial charge in [0.2, 0.25) is 12.1 Å². The Kier molecular flexibility index (Phi) is 7.05. The molecule has 1 atom stereocenters. The quantitative estimate of drug-likeness (QED) is 0.373. The predicted octanol–water partition coefficient (Wildman–Crippen LogP) is 3.61. The van der Waals surface area contributed by atoms with Gasteiger partial charge in [-0.15, -0.1) is 0 Å². The molecule has 0 fully saturated rings. The van der Waals surface area contributed by atoms with Crippen LogP contribution in [0.1, 0.15) is 30.0 Å². The number of amides is 1. The highest BCUT2D eigenvalue weighted by Crippen LogP contribution is 2.18. The summed E-state index contributed by atoms with van der Waals surface area (Å²) >= 11 is 0. The van der Waals surface area contributed by atoms with Gasteiger partial charge >= 0.3 is 5.97 Å². The second-order valence-electron chi connectivity index (χ2n) is 6.79. The van der Waals surface area contributed by atoms with E-state index in [4.69, 9.17) is 4.74 Å². The highest BCUT2D eigenvalue weighted by atomic mass is 16.5. The van der Waals surface area contributed by atoms with Gasteiger partial charge in [-0.2, -0.15) is 4.99 Å². The van der Waals surface area contributed by atoms with Crippen LogP contribution in [0.15, 0.2) is 71.7 Å². The molecule has 1 aromatic heterocycles. The molecule has 31 heavy (non-hydrogen) atoms. The largest absolute Gasteiger partial charge is 0.447 e. The summed E-state index contributed by atoms with van der Waals surface area (Å²) in [5, 5.41) is 5.75. The molecule has 8 nitrogen and oxygen atoms in total. The van der Waals surface area contributed by atoms with Gasteiger partial charge in [0.25, 0.3) is 11.9 Å². The molecule has 1 heterocycles. The third-order valence-corrected chi connectivity index (χ3v) is 4.08. The van der Waals surface area contributed by atoms with Crippen LogP contribution in [-0.2, 0) is 14.3 Å². The molecule has 8 heteroatoms. The maximum atomic E-state index is 13.1. The maximum absolute atomic E-state index is 13.1. The van der Waals surface area contributed by atoms with Crippen molar-refractivity contribution in [2.45, 2.75) is 26.9 Å². The first-order valence-corrected chi connectivity index (χ1v) is 9.67. The number of aromatic nitrogens is 2. The fraction of sp³-hybridized carbons (Fsp3) is 0.174. The van der Waals surface area contributed by atoms with Gasteiger partial charge < -0.3 is 10.1 Å². The van der Waals surface area contributed by atoms with E-state index in [9.17, 15) is 9.59 Å². The van der Waals surface area contributed by atoms with Crippen LogP contribution in [0.25, 0.3) is 0 Å². The highest BCUT2D eigenvalue weighted by molar-refractivity contribution is 6.06. The van der Waals surface area contributed by atoms with Crippen LogP contribution in [0.4, 0.5) is 11.6 Å². The van der Waals surface area contributed by atoms with Crippen LogP contribution in [0.2, 0.25) is 0 Å². The first-order chi connectivity index (χ1) is 14.9. The van der Waals surface area contributed by atoms with Crippen LogP contribution in [0.3, 0.4) is 0 Å². The Morgan fingerprint density at radius 3 is 2.10 bits per heavy atom. The number of rotatable bonds is 5. The highest BCUT2D eigenvalue weighted by Gasteiger charge is 2.25. The topological polar surface area (TPSA) is 106 Å². The van der Waals surface area contributed by atoms with Crippen molar-refractivity contribution in [3.63, 3.8) is 0 Å². The number of nitrogens with one attached hydrogen (secondary N) is 2. The number of hydrogen-bond donors (Lipinski definition) is 2. The smallest absolute Gasteiger partial charge is 0.303 e. The Labute approximate surface area is 180 Å². The van der Waals surface area contributed by atoms with E-state index in [2.05, 4.69) is 25.6 Å². The molecule has 0 bridgehead atoms. The molecule has 0 spiro atoms. The zero-order chi connectivity index (χ0) is 22.2. The number of para-hydroxylation sites is 1. The molecule has 3 rings (SSSR count). The summed E-state index contributed by atoms with van der Waals surface area (Å²) in [4.78, 5) is 37.6. The number of nitrogens with zero attached hydrogens (tertiary/aromatic N) is 3. The minimum absolute atomic E-state index is 0.106. The van der Waals surface area contributed by atoms with E-state index in [0.29, 0.717) is 11.3 Å². The average molecular weight is 417 g/mol. The first-order valence-electron chi connectivity index (χ1n) is 9.67. The number of carbonyl (C=O) groups excluding carboxylic acids is 2. The van der Waals surface area contributed by atoms with Gasteiger partial charge in [-0.25, -0.2) is 9.97 Å². The summed E-state index contributed by atoms with van der Waals surface area (Å²) in [6.45, 7) is 4.93. The van der Waals surface area contributed by atoms with Crippen molar-refractivity contribution >= 4 is 29.5 Å². The fourth-order valence-corrected chi connectivity index (χ4v) is 2.85.